The lowest BCUT2D eigenvalue weighted by Gasteiger charge is -2.11. The van der Waals surface area contributed by atoms with Crippen molar-refractivity contribution in [3.05, 3.63) is 15.1 Å². The van der Waals surface area contributed by atoms with Gasteiger partial charge in [0, 0.05) is 19.8 Å². The van der Waals surface area contributed by atoms with Crippen LogP contribution in [0.15, 0.2) is 0 Å². The van der Waals surface area contributed by atoms with E-state index in [0.29, 0.717) is 15.1 Å². The maximum atomic E-state index is 5.76. The Morgan fingerprint density at radius 1 is 1.17 bits per heavy atom. The summed E-state index contributed by atoms with van der Waals surface area (Å²) in [5, 5.41) is 0. The molecule has 0 aliphatic carbocycles. The Bertz CT molecular complexity index is 390. The van der Waals surface area contributed by atoms with Gasteiger partial charge in [0.15, 0.2) is 4.77 Å². The number of hydrogen-bond donors (Lipinski definition) is 1. The Morgan fingerprint density at radius 2 is 1.67 bits per heavy atom. The first-order valence-electron chi connectivity index (χ1n) is 3.49. The number of nitrogen functional groups attached to an aromatic ring is 1. The van der Waals surface area contributed by atoms with E-state index in [0.717, 1.165) is 5.69 Å². The number of rotatable bonds is 0. The van der Waals surface area contributed by atoms with Gasteiger partial charge in [-0.25, -0.2) is 0 Å². The van der Waals surface area contributed by atoms with Crippen molar-refractivity contribution in [2.45, 2.75) is 6.92 Å². The highest BCUT2D eigenvalue weighted by atomic mass is 32.1. The van der Waals surface area contributed by atoms with Crippen LogP contribution in [0.4, 0.5) is 5.69 Å². The van der Waals surface area contributed by atoms with Crippen LogP contribution >= 0.6 is 24.4 Å². The van der Waals surface area contributed by atoms with E-state index in [1.165, 1.54) is 0 Å². The highest BCUT2D eigenvalue weighted by molar-refractivity contribution is 7.72. The fraction of sp³-hybridized carbons (Fsp3) is 0.429. The summed E-state index contributed by atoms with van der Waals surface area (Å²) in [5.41, 5.74) is 7.31. The zero-order valence-corrected chi connectivity index (χ0v) is 8.92. The van der Waals surface area contributed by atoms with Gasteiger partial charge in [-0.05, 0) is 19.1 Å². The third-order valence-electron chi connectivity index (χ3n) is 2.00. The summed E-state index contributed by atoms with van der Waals surface area (Å²) >= 11 is 10.2. The number of nitrogens with two attached hydrogens (primary N) is 1. The Kier molecular flexibility index (Phi) is 2.34. The fourth-order valence-electron chi connectivity index (χ4n) is 0.971. The third-order valence-corrected chi connectivity index (χ3v) is 3.04. The molecule has 5 heteroatoms. The van der Waals surface area contributed by atoms with Crippen molar-refractivity contribution in [2.24, 2.45) is 14.1 Å². The summed E-state index contributed by atoms with van der Waals surface area (Å²) in [6.07, 6.45) is 0. The van der Waals surface area contributed by atoms with Crippen LogP contribution in [0.25, 0.3) is 0 Å². The van der Waals surface area contributed by atoms with Crippen LogP contribution in [0.2, 0.25) is 0 Å². The SMILES string of the molecule is Cc1c(N)c(=S)n(C)c(=S)n1C. The largest absolute Gasteiger partial charge is 0.395 e. The summed E-state index contributed by atoms with van der Waals surface area (Å²) in [5.74, 6) is 0. The van der Waals surface area contributed by atoms with E-state index >= 15 is 0 Å². The van der Waals surface area contributed by atoms with Crippen molar-refractivity contribution >= 4 is 30.1 Å². The van der Waals surface area contributed by atoms with Gasteiger partial charge in [0.2, 0.25) is 0 Å². The summed E-state index contributed by atoms with van der Waals surface area (Å²) in [4.78, 5) is 0. The highest BCUT2D eigenvalue weighted by Gasteiger charge is 2.02. The molecule has 1 aromatic rings. The van der Waals surface area contributed by atoms with Crippen LogP contribution in [0.3, 0.4) is 0 Å². The predicted molar refractivity (Wildman–Crippen MR) is 55.2 cm³/mol. The molecule has 1 rings (SSSR count). The Hall–Kier alpha value is -0.680. The molecule has 0 spiro atoms. The van der Waals surface area contributed by atoms with Gasteiger partial charge in [0.05, 0.1) is 5.69 Å². The van der Waals surface area contributed by atoms with Gasteiger partial charge >= 0.3 is 0 Å². The summed E-state index contributed by atoms with van der Waals surface area (Å²) < 4.78 is 4.87. The van der Waals surface area contributed by atoms with Crippen LogP contribution in [0.5, 0.6) is 0 Å². The Morgan fingerprint density at radius 3 is 2.17 bits per heavy atom. The smallest absolute Gasteiger partial charge is 0.180 e. The molecule has 0 aliphatic heterocycles. The lowest BCUT2D eigenvalue weighted by atomic mass is 10.4. The van der Waals surface area contributed by atoms with Gasteiger partial charge in [0.25, 0.3) is 0 Å². The van der Waals surface area contributed by atoms with Gasteiger partial charge < -0.3 is 14.9 Å². The van der Waals surface area contributed by atoms with Gasteiger partial charge in [0.1, 0.15) is 4.64 Å². The average Bonchev–Trinajstić information content (AvgIpc) is 2.08. The lowest BCUT2D eigenvalue weighted by molar-refractivity contribution is 0.715. The number of aromatic nitrogens is 2. The van der Waals surface area contributed by atoms with Crippen molar-refractivity contribution in [1.82, 2.24) is 9.13 Å². The zero-order valence-electron chi connectivity index (χ0n) is 7.29. The van der Waals surface area contributed by atoms with E-state index in [-0.39, 0.29) is 0 Å². The topological polar surface area (TPSA) is 35.9 Å². The normalized spacial score (nSPS) is 10.2. The first-order chi connectivity index (χ1) is 5.46. The molecular weight excluding hydrogens is 190 g/mol. The van der Waals surface area contributed by atoms with Gasteiger partial charge in [-0.1, -0.05) is 12.2 Å². The Balaban J connectivity index is 3.86. The molecule has 0 radical (unpaired) electrons. The predicted octanol–water partition coefficient (Wildman–Crippen LogP) is 1.71. The van der Waals surface area contributed by atoms with E-state index in [9.17, 15) is 0 Å². The molecule has 2 N–H and O–H groups in total. The van der Waals surface area contributed by atoms with Crippen molar-refractivity contribution < 1.29 is 0 Å². The van der Waals surface area contributed by atoms with Crippen LogP contribution < -0.4 is 5.73 Å². The minimum Gasteiger partial charge on any atom is -0.395 e. The molecule has 0 aromatic carbocycles. The molecule has 0 atom stereocenters. The molecule has 0 bridgehead atoms. The van der Waals surface area contributed by atoms with Crippen molar-refractivity contribution in [2.75, 3.05) is 5.73 Å². The average molecular weight is 201 g/mol. The van der Waals surface area contributed by atoms with Crippen LogP contribution in [0.1, 0.15) is 5.69 Å². The summed E-state index contributed by atoms with van der Waals surface area (Å²) in [6.45, 7) is 1.90. The number of anilines is 1. The molecule has 1 heterocycles. The zero-order chi connectivity index (χ0) is 9.46. The minimum atomic E-state index is 0.607. The quantitative estimate of drug-likeness (QED) is 0.649. The molecule has 3 nitrogen and oxygen atoms in total. The monoisotopic (exact) mass is 201 g/mol. The molecule has 0 saturated heterocycles. The standard InChI is InChI=1S/C7H11N3S2/c1-4-5(8)6(11)10(3)7(12)9(4)2/h8H2,1-3H3. The van der Waals surface area contributed by atoms with Gasteiger partial charge in [-0.15, -0.1) is 0 Å². The second-order valence-corrected chi connectivity index (χ2v) is 3.46. The van der Waals surface area contributed by atoms with Crippen LogP contribution in [0, 0.1) is 16.3 Å². The second kappa shape index (κ2) is 2.99. The molecule has 0 saturated carbocycles. The maximum Gasteiger partial charge on any atom is 0.180 e. The molecule has 12 heavy (non-hydrogen) atoms. The van der Waals surface area contributed by atoms with E-state index in [4.69, 9.17) is 30.2 Å². The minimum absolute atomic E-state index is 0.607. The summed E-state index contributed by atoms with van der Waals surface area (Å²) in [6, 6.07) is 0. The maximum absolute atomic E-state index is 5.76. The van der Waals surface area contributed by atoms with Crippen LogP contribution in [-0.2, 0) is 14.1 Å². The van der Waals surface area contributed by atoms with E-state index in [1.807, 2.05) is 25.6 Å². The fourth-order valence-corrected chi connectivity index (χ4v) is 1.49. The van der Waals surface area contributed by atoms with E-state index in [1.54, 1.807) is 4.57 Å². The molecule has 66 valence electrons. The highest BCUT2D eigenvalue weighted by Crippen LogP contribution is 2.11. The first-order valence-corrected chi connectivity index (χ1v) is 4.30. The first kappa shape index (κ1) is 9.41. The summed E-state index contributed by atoms with van der Waals surface area (Å²) in [7, 11) is 3.70. The number of nitrogens with zero attached hydrogens (tertiary/aromatic N) is 2. The van der Waals surface area contributed by atoms with Crippen molar-refractivity contribution in [1.29, 1.82) is 0 Å². The molecule has 1 aromatic heterocycles. The van der Waals surface area contributed by atoms with E-state index < -0.39 is 0 Å². The van der Waals surface area contributed by atoms with Crippen molar-refractivity contribution in [3.63, 3.8) is 0 Å². The molecule has 0 fully saturated rings. The van der Waals surface area contributed by atoms with E-state index in [2.05, 4.69) is 0 Å². The molecule has 0 amide bonds. The van der Waals surface area contributed by atoms with Crippen LogP contribution in [-0.4, -0.2) is 9.13 Å². The molecular formula is C7H11N3S2. The molecule has 0 aliphatic rings. The van der Waals surface area contributed by atoms with Gasteiger partial charge in [-0.3, -0.25) is 0 Å². The lowest BCUT2D eigenvalue weighted by Crippen LogP contribution is -2.11. The van der Waals surface area contributed by atoms with Crippen molar-refractivity contribution in [3.8, 4) is 0 Å². The number of hydrogen-bond acceptors (Lipinski definition) is 3. The third kappa shape index (κ3) is 1.19. The second-order valence-electron chi connectivity index (χ2n) is 2.70. The van der Waals surface area contributed by atoms with Gasteiger partial charge in [-0.2, -0.15) is 0 Å². The molecule has 0 unspecified atom stereocenters. The Labute approximate surface area is 81.4 Å².